The highest BCUT2D eigenvalue weighted by Crippen LogP contribution is 2.44. The lowest BCUT2D eigenvalue weighted by Gasteiger charge is -2.19. The molecule has 2 unspecified atom stereocenters. The summed E-state index contributed by atoms with van der Waals surface area (Å²) in [4.78, 5) is 35.7. The van der Waals surface area contributed by atoms with Gasteiger partial charge in [0.1, 0.15) is 12.6 Å². The number of carbonyl (C=O) groups excluding carboxylic acids is 2. The molecule has 1 saturated carbocycles. The first kappa shape index (κ1) is 21.9. The second-order valence-electron chi connectivity index (χ2n) is 8.67. The third kappa shape index (κ3) is 4.77. The number of carboxylic acids is 1. The third-order valence-electron chi connectivity index (χ3n) is 6.42. The first-order chi connectivity index (χ1) is 15.4. The molecule has 4 rings (SSSR count). The number of fused-ring (bicyclic) bond motifs is 3. The number of benzene rings is 2. The van der Waals surface area contributed by atoms with Gasteiger partial charge >= 0.3 is 12.1 Å². The fraction of sp³-hybridized carbons (Fsp3) is 0.400. The summed E-state index contributed by atoms with van der Waals surface area (Å²) in [6.07, 6.45) is 1.67. The molecule has 0 radical (unpaired) electrons. The number of amides is 2. The standard InChI is InChI=1S/C25H28N2O5/c1-15(24(30)27-17-11-10-16(12-17)13-23(28)29)26-25(31)32-14-22-20-8-4-2-6-18(20)19-7-3-5-9-21(19)22/h2-9,15-17,22H,10-14H2,1H3,(H,26,31)(H,27,30)(H,28,29)/t15-,16?,17?/m1/s1. The van der Waals surface area contributed by atoms with Crippen LogP contribution in [0.5, 0.6) is 0 Å². The minimum atomic E-state index is -0.813. The summed E-state index contributed by atoms with van der Waals surface area (Å²) in [5.41, 5.74) is 4.57. The fourth-order valence-electron chi connectivity index (χ4n) is 4.85. The summed E-state index contributed by atoms with van der Waals surface area (Å²) in [7, 11) is 0. The van der Waals surface area contributed by atoms with Crippen molar-refractivity contribution in [3.05, 3.63) is 59.7 Å². The zero-order valence-electron chi connectivity index (χ0n) is 18.0. The first-order valence-electron chi connectivity index (χ1n) is 11.1. The Morgan fingerprint density at radius 3 is 2.28 bits per heavy atom. The molecule has 0 saturated heterocycles. The first-order valence-corrected chi connectivity index (χ1v) is 11.1. The quantitative estimate of drug-likeness (QED) is 0.614. The summed E-state index contributed by atoms with van der Waals surface area (Å²) >= 11 is 0. The van der Waals surface area contributed by atoms with Crippen molar-refractivity contribution in [1.29, 1.82) is 0 Å². The summed E-state index contributed by atoms with van der Waals surface area (Å²) in [6, 6.07) is 15.4. The maximum atomic E-state index is 12.5. The largest absolute Gasteiger partial charge is 0.481 e. The summed E-state index contributed by atoms with van der Waals surface area (Å²) < 4.78 is 5.50. The second kappa shape index (κ2) is 9.42. The lowest BCUT2D eigenvalue weighted by molar-refractivity contribution is -0.138. The molecule has 7 heteroatoms. The zero-order valence-corrected chi connectivity index (χ0v) is 18.0. The van der Waals surface area contributed by atoms with Crippen LogP contribution < -0.4 is 10.6 Å². The molecule has 2 aliphatic carbocycles. The van der Waals surface area contributed by atoms with E-state index >= 15 is 0 Å². The van der Waals surface area contributed by atoms with Crippen LogP contribution in [-0.4, -0.2) is 41.8 Å². The van der Waals surface area contributed by atoms with E-state index in [1.165, 1.54) is 0 Å². The molecule has 2 aromatic carbocycles. The van der Waals surface area contributed by atoms with Gasteiger partial charge in [-0.1, -0.05) is 48.5 Å². The minimum absolute atomic E-state index is 0.0399. The van der Waals surface area contributed by atoms with Crippen molar-refractivity contribution >= 4 is 18.0 Å². The van der Waals surface area contributed by atoms with Crippen LogP contribution in [-0.2, 0) is 14.3 Å². The molecule has 168 valence electrons. The Morgan fingerprint density at radius 2 is 1.66 bits per heavy atom. The average molecular weight is 437 g/mol. The van der Waals surface area contributed by atoms with E-state index in [2.05, 4.69) is 34.9 Å². The normalized spacial score (nSPS) is 20.2. The molecular formula is C25H28N2O5. The SMILES string of the molecule is C[C@@H](NC(=O)OCC1c2ccccc2-c2ccccc21)C(=O)NC1CCC(CC(=O)O)C1. The van der Waals surface area contributed by atoms with Gasteiger partial charge in [0.15, 0.2) is 0 Å². The predicted octanol–water partition coefficient (Wildman–Crippen LogP) is 3.67. The molecule has 0 aromatic heterocycles. The molecule has 2 aromatic rings. The molecule has 32 heavy (non-hydrogen) atoms. The van der Waals surface area contributed by atoms with Crippen LogP contribution in [0.25, 0.3) is 11.1 Å². The van der Waals surface area contributed by atoms with Gasteiger partial charge in [0.2, 0.25) is 5.91 Å². The van der Waals surface area contributed by atoms with Gasteiger partial charge in [-0.05, 0) is 54.4 Å². The highest BCUT2D eigenvalue weighted by Gasteiger charge is 2.31. The van der Waals surface area contributed by atoms with Crippen LogP contribution in [0.15, 0.2) is 48.5 Å². The second-order valence-corrected chi connectivity index (χ2v) is 8.67. The van der Waals surface area contributed by atoms with Crippen LogP contribution in [0, 0.1) is 5.92 Å². The van der Waals surface area contributed by atoms with Crippen molar-refractivity contribution in [2.75, 3.05) is 6.61 Å². The van der Waals surface area contributed by atoms with Crippen molar-refractivity contribution in [2.45, 2.75) is 50.6 Å². The topological polar surface area (TPSA) is 105 Å². The number of alkyl carbamates (subject to hydrolysis) is 1. The highest BCUT2D eigenvalue weighted by atomic mass is 16.5. The van der Waals surface area contributed by atoms with E-state index in [0.717, 1.165) is 35.1 Å². The maximum absolute atomic E-state index is 12.5. The van der Waals surface area contributed by atoms with Gasteiger partial charge in [0.05, 0.1) is 0 Å². The summed E-state index contributed by atoms with van der Waals surface area (Å²) in [6.45, 7) is 1.80. The molecular weight excluding hydrogens is 408 g/mol. The van der Waals surface area contributed by atoms with Crippen LogP contribution >= 0.6 is 0 Å². The Balaban J connectivity index is 1.28. The lowest BCUT2D eigenvalue weighted by Crippen LogP contribution is -2.47. The maximum Gasteiger partial charge on any atom is 0.407 e. The van der Waals surface area contributed by atoms with Gasteiger partial charge in [-0.25, -0.2) is 4.79 Å². The van der Waals surface area contributed by atoms with Crippen molar-refractivity contribution in [3.63, 3.8) is 0 Å². The van der Waals surface area contributed by atoms with E-state index in [-0.39, 0.29) is 36.8 Å². The van der Waals surface area contributed by atoms with Gasteiger partial charge in [-0.2, -0.15) is 0 Å². The molecule has 0 heterocycles. The molecule has 7 nitrogen and oxygen atoms in total. The van der Waals surface area contributed by atoms with E-state index in [1.54, 1.807) is 6.92 Å². The van der Waals surface area contributed by atoms with Crippen LogP contribution in [0.1, 0.15) is 49.7 Å². The van der Waals surface area contributed by atoms with Gasteiger partial charge in [-0.15, -0.1) is 0 Å². The lowest BCUT2D eigenvalue weighted by atomic mass is 9.98. The van der Waals surface area contributed by atoms with E-state index in [9.17, 15) is 14.4 Å². The smallest absolute Gasteiger partial charge is 0.407 e. The van der Waals surface area contributed by atoms with E-state index in [4.69, 9.17) is 9.84 Å². The van der Waals surface area contributed by atoms with Gasteiger partial charge in [0, 0.05) is 18.4 Å². The molecule has 2 aliphatic rings. The van der Waals surface area contributed by atoms with Crippen molar-refractivity contribution in [3.8, 4) is 11.1 Å². The molecule has 3 atom stereocenters. The Labute approximate surface area is 187 Å². The minimum Gasteiger partial charge on any atom is -0.481 e. The Hall–Kier alpha value is -3.35. The van der Waals surface area contributed by atoms with Crippen LogP contribution in [0.2, 0.25) is 0 Å². The number of rotatable bonds is 7. The Morgan fingerprint density at radius 1 is 1.03 bits per heavy atom. The molecule has 2 amide bonds. The average Bonchev–Trinajstić information content (AvgIpc) is 3.33. The van der Waals surface area contributed by atoms with E-state index in [0.29, 0.717) is 6.42 Å². The summed E-state index contributed by atoms with van der Waals surface area (Å²) in [5.74, 6) is -1.06. The monoisotopic (exact) mass is 436 g/mol. The van der Waals surface area contributed by atoms with E-state index < -0.39 is 18.1 Å². The number of ether oxygens (including phenoxy) is 1. The highest BCUT2D eigenvalue weighted by molar-refractivity contribution is 5.85. The van der Waals surface area contributed by atoms with Gasteiger partial charge < -0.3 is 20.5 Å². The number of hydrogen-bond acceptors (Lipinski definition) is 4. The van der Waals surface area contributed by atoms with Crippen molar-refractivity contribution in [2.24, 2.45) is 5.92 Å². The molecule has 1 fully saturated rings. The molecule has 0 bridgehead atoms. The van der Waals surface area contributed by atoms with Gasteiger partial charge in [-0.3, -0.25) is 9.59 Å². The van der Waals surface area contributed by atoms with Gasteiger partial charge in [0.25, 0.3) is 0 Å². The molecule has 3 N–H and O–H groups in total. The predicted molar refractivity (Wildman–Crippen MR) is 119 cm³/mol. The fourth-order valence-corrected chi connectivity index (χ4v) is 4.85. The Kier molecular flexibility index (Phi) is 6.44. The summed E-state index contributed by atoms with van der Waals surface area (Å²) in [5, 5.41) is 14.4. The third-order valence-corrected chi connectivity index (χ3v) is 6.42. The Bertz CT molecular complexity index is 975. The molecule has 0 aliphatic heterocycles. The number of carbonyl (C=O) groups is 3. The van der Waals surface area contributed by atoms with Crippen molar-refractivity contribution < 1.29 is 24.2 Å². The number of aliphatic carboxylic acids is 1. The van der Waals surface area contributed by atoms with Crippen LogP contribution in [0.3, 0.4) is 0 Å². The van der Waals surface area contributed by atoms with Crippen molar-refractivity contribution in [1.82, 2.24) is 10.6 Å². The number of carboxylic acid groups (broad SMARTS) is 1. The zero-order chi connectivity index (χ0) is 22.7. The molecule has 0 spiro atoms. The number of nitrogens with one attached hydrogen (secondary N) is 2. The number of hydrogen-bond donors (Lipinski definition) is 3. The van der Waals surface area contributed by atoms with Crippen LogP contribution in [0.4, 0.5) is 4.79 Å². The van der Waals surface area contributed by atoms with E-state index in [1.807, 2.05) is 24.3 Å².